The number of nitrogens with one attached hydrogen (secondary N) is 1. The van der Waals surface area contributed by atoms with E-state index in [1.807, 2.05) is 0 Å². The summed E-state index contributed by atoms with van der Waals surface area (Å²) in [5.41, 5.74) is 4.41. The maximum Gasteiger partial charge on any atom is 0.258 e. The number of amides is 2. The van der Waals surface area contributed by atoms with Gasteiger partial charge in [-0.2, -0.15) is 0 Å². The first-order valence-electron chi connectivity index (χ1n) is 7.07. The van der Waals surface area contributed by atoms with E-state index in [1.165, 1.54) is 24.3 Å². The van der Waals surface area contributed by atoms with E-state index in [9.17, 15) is 14.7 Å². The first kappa shape index (κ1) is 16.7. The SMILES string of the molecule is NC(=O)C(O)(c1ccccc1)c1ccc(C(=O)NCCO)cc1. The lowest BCUT2D eigenvalue weighted by molar-refractivity contribution is -0.133. The number of hydrogen-bond acceptors (Lipinski definition) is 4. The van der Waals surface area contributed by atoms with Crippen molar-refractivity contribution < 1.29 is 19.8 Å². The van der Waals surface area contributed by atoms with E-state index in [4.69, 9.17) is 10.8 Å². The van der Waals surface area contributed by atoms with Gasteiger partial charge in [0.1, 0.15) is 0 Å². The van der Waals surface area contributed by atoms with Gasteiger partial charge in [-0.05, 0) is 23.3 Å². The Kier molecular flexibility index (Phi) is 5.10. The molecule has 6 nitrogen and oxygen atoms in total. The molecule has 0 aliphatic carbocycles. The van der Waals surface area contributed by atoms with Gasteiger partial charge < -0.3 is 21.3 Å². The molecule has 1 unspecified atom stereocenters. The monoisotopic (exact) mass is 314 g/mol. The summed E-state index contributed by atoms with van der Waals surface area (Å²) in [6.45, 7) is -0.00488. The Morgan fingerprint density at radius 3 is 2.09 bits per heavy atom. The minimum absolute atomic E-state index is 0.149. The highest BCUT2D eigenvalue weighted by molar-refractivity contribution is 5.94. The molecule has 23 heavy (non-hydrogen) atoms. The second-order valence-electron chi connectivity index (χ2n) is 5.00. The van der Waals surface area contributed by atoms with Crippen LogP contribution in [0.15, 0.2) is 54.6 Å². The van der Waals surface area contributed by atoms with E-state index in [-0.39, 0.29) is 24.6 Å². The fraction of sp³-hybridized carbons (Fsp3) is 0.176. The second-order valence-corrected chi connectivity index (χ2v) is 5.00. The number of aliphatic hydroxyl groups is 2. The number of nitrogens with two attached hydrogens (primary N) is 1. The van der Waals surface area contributed by atoms with Crippen molar-refractivity contribution in [2.75, 3.05) is 13.2 Å². The zero-order chi connectivity index (χ0) is 16.9. The lowest BCUT2D eigenvalue weighted by atomic mass is 9.85. The Hall–Kier alpha value is -2.70. The van der Waals surface area contributed by atoms with Crippen LogP contribution in [-0.4, -0.2) is 35.2 Å². The molecule has 0 saturated carbocycles. The van der Waals surface area contributed by atoms with Crippen LogP contribution in [-0.2, 0) is 10.4 Å². The Morgan fingerprint density at radius 1 is 1.00 bits per heavy atom. The van der Waals surface area contributed by atoms with E-state index in [0.29, 0.717) is 11.1 Å². The summed E-state index contributed by atoms with van der Waals surface area (Å²) in [6.07, 6.45) is 0. The molecule has 2 aromatic carbocycles. The molecule has 2 aromatic rings. The maximum atomic E-state index is 11.8. The summed E-state index contributed by atoms with van der Waals surface area (Å²) in [6, 6.07) is 14.3. The van der Waals surface area contributed by atoms with E-state index >= 15 is 0 Å². The predicted octanol–water partition coefficient (Wildman–Crippen LogP) is 0.130. The van der Waals surface area contributed by atoms with Gasteiger partial charge in [0, 0.05) is 12.1 Å². The van der Waals surface area contributed by atoms with Crippen molar-refractivity contribution in [2.24, 2.45) is 5.73 Å². The highest BCUT2D eigenvalue weighted by Crippen LogP contribution is 2.29. The fourth-order valence-electron chi connectivity index (χ4n) is 2.26. The molecular formula is C17H18N2O4. The van der Waals surface area contributed by atoms with Crippen molar-refractivity contribution in [2.45, 2.75) is 5.60 Å². The van der Waals surface area contributed by atoms with Crippen molar-refractivity contribution in [3.8, 4) is 0 Å². The molecule has 2 rings (SSSR count). The van der Waals surface area contributed by atoms with Gasteiger partial charge in [0.25, 0.3) is 11.8 Å². The van der Waals surface area contributed by atoms with Gasteiger partial charge in [-0.25, -0.2) is 0 Å². The molecule has 0 heterocycles. The molecule has 0 aliphatic rings. The molecule has 2 amide bonds. The number of rotatable bonds is 6. The summed E-state index contributed by atoms with van der Waals surface area (Å²) >= 11 is 0. The Bertz CT molecular complexity index is 685. The van der Waals surface area contributed by atoms with Crippen LogP contribution in [0, 0.1) is 0 Å². The van der Waals surface area contributed by atoms with Crippen molar-refractivity contribution in [1.29, 1.82) is 0 Å². The molecule has 6 heteroatoms. The lowest BCUT2D eigenvalue weighted by Crippen LogP contribution is -2.42. The van der Waals surface area contributed by atoms with Crippen LogP contribution in [0.1, 0.15) is 21.5 Å². The summed E-state index contributed by atoms with van der Waals surface area (Å²) in [7, 11) is 0. The zero-order valence-corrected chi connectivity index (χ0v) is 12.4. The van der Waals surface area contributed by atoms with Crippen LogP contribution in [0.5, 0.6) is 0 Å². The highest BCUT2D eigenvalue weighted by atomic mass is 16.3. The van der Waals surface area contributed by atoms with E-state index < -0.39 is 11.5 Å². The highest BCUT2D eigenvalue weighted by Gasteiger charge is 2.38. The first-order valence-corrected chi connectivity index (χ1v) is 7.07. The van der Waals surface area contributed by atoms with Gasteiger partial charge in [-0.1, -0.05) is 42.5 Å². The molecule has 0 radical (unpaired) electrons. The van der Waals surface area contributed by atoms with Crippen LogP contribution in [0.25, 0.3) is 0 Å². The molecule has 0 saturated heterocycles. The van der Waals surface area contributed by atoms with Gasteiger partial charge in [-0.15, -0.1) is 0 Å². The third-order valence-corrected chi connectivity index (χ3v) is 3.51. The predicted molar refractivity (Wildman–Crippen MR) is 84.5 cm³/mol. The molecule has 0 aromatic heterocycles. The van der Waals surface area contributed by atoms with Crippen LogP contribution in [0.3, 0.4) is 0 Å². The van der Waals surface area contributed by atoms with Crippen LogP contribution in [0.2, 0.25) is 0 Å². The quantitative estimate of drug-likeness (QED) is 0.607. The van der Waals surface area contributed by atoms with Crippen LogP contribution in [0.4, 0.5) is 0 Å². The van der Waals surface area contributed by atoms with Crippen LogP contribution < -0.4 is 11.1 Å². The van der Waals surface area contributed by atoms with Crippen molar-refractivity contribution >= 4 is 11.8 Å². The van der Waals surface area contributed by atoms with Gasteiger partial charge in [-0.3, -0.25) is 9.59 Å². The molecule has 1 atom stereocenters. The van der Waals surface area contributed by atoms with Crippen molar-refractivity contribution in [1.82, 2.24) is 5.32 Å². The summed E-state index contributed by atoms with van der Waals surface area (Å²) in [4.78, 5) is 23.6. The third-order valence-electron chi connectivity index (χ3n) is 3.51. The third kappa shape index (κ3) is 3.39. The van der Waals surface area contributed by atoms with Crippen molar-refractivity contribution in [3.63, 3.8) is 0 Å². The average Bonchev–Trinajstić information content (AvgIpc) is 2.59. The molecule has 5 N–H and O–H groups in total. The zero-order valence-electron chi connectivity index (χ0n) is 12.4. The molecule has 0 spiro atoms. The van der Waals surface area contributed by atoms with Gasteiger partial charge in [0.2, 0.25) is 0 Å². The number of carbonyl (C=O) groups excluding carboxylic acids is 2. The molecule has 0 fully saturated rings. The number of primary amides is 1. The normalized spacial score (nSPS) is 13.1. The standard InChI is InChI=1S/C17H18N2O4/c18-16(22)17(23,13-4-2-1-3-5-13)14-8-6-12(7-9-14)15(21)19-10-11-20/h1-9,20,23H,10-11H2,(H2,18,22)(H,19,21). The smallest absolute Gasteiger partial charge is 0.258 e. The maximum absolute atomic E-state index is 11.8. The fourth-order valence-corrected chi connectivity index (χ4v) is 2.26. The number of carbonyl (C=O) groups is 2. The topological polar surface area (TPSA) is 113 Å². The molecule has 0 aliphatic heterocycles. The molecular weight excluding hydrogens is 296 g/mol. The summed E-state index contributed by atoms with van der Waals surface area (Å²) < 4.78 is 0. The van der Waals surface area contributed by atoms with E-state index in [0.717, 1.165) is 0 Å². The average molecular weight is 314 g/mol. The molecule has 0 bridgehead atoms. The first-order chi connectivity index (χ1) is 11.0. The lowest BCUT2D eigenvalue weighted by Gasteiger charge is -2.25. The van der Waals surface area contributed by atoms with Gasteiger partial charge >= 0.3 is 0 Å². The van der Waals surface area contributed by atoms with E-state index in [2.05, 4.69) is 5.32 Å². The Labute approximate surface area is 133 Å². The molecule has 120 valence electrons. The minimum atomic E-state index is -1.97. The Balaban J connectivity index is 2.35. The number of benzene rings is 2. The summed E-state index contributed by atoms with van der Waals surface area (Å²) in [5.74, 6) is -1.26. The minimum Gasteiger partial charge on any atom is -0.395 e. The number of hydrogen-bond donors (Lipinski definition) is 4. The number of aliphatic hydroxyl groups excluding tert-OH is 1. The van der Waals surface area contributed by atoms with Crippen LogP contribution >= 0.6 is 0 Å². The van der Waals surface area contributed by atoms with Gasteiger partial charge in [0.05, 0.1) is 6.61 Å². The van der Waals surface area contributed by atoms with Crippen molar-refractivity contribution in [3.05, 3.63) is 71.3 Å². The largest absolute Gasteiger partial charge is 0.395 e. The summed E-state index contributed by atoms with van der Waals surface area (Å²) in [5, 5.41) is 22.0. The van der Waals surface area contributed by atoms with Gasteiger partial charge in [0.15, 0.2) is 5.60 Å². The second kappa shape index (κ2) is 7.04. The Morgan fingerprint density at radius 2 is 1.57 bits per heavy atom. The van der Waals surface area contributed by atoms with E-state index in [1.54, 1.807) is 30.3 Å².